The van der Waals surface area contributed by atoms with Gasteiger partial charge >= 0.3 is 11.9 Å². The van der Waals surface area contributed by atoms with Gasteiger partial charge in [0.25, 0.3) is 0 Å². The monoisotopic (exact) mass is 343 g/mol. The van der Waals surface area contributed by atoms with Gasteiger partial charge in [-0.25, -0.2) is 9.59 Å². The van der Waals surface area contributed by atoms with Crippen molar-refractivity contribution in [1.82, 2.24) is 4.57 Å². The number of aryl methyl sites for hydroxylation is 1. The van der Waals surface area contributed by atoms with Crippen LogP contribution in [0.3, 0.4) is 0 Å². The summed E-state index contributed by atoms with van der Waals surface area (Å²) in [4.78, 5) is 34.8. The molecule has 1 aromatic carbocycles. The third-order valence-corrected chi connectivity index (χ3v) is 3.43. The second kappa shape index (κ2) is 7.48. The van der Waals surface area contributed by atoms with Gasteiger partial charge in [0.1, 0.15) is 11.3 Å². The molecule has 0 spiro atoms. The van der Waals surface area contributed by atoms with Crippen LogP contribution >= 0.6 is 0 Å². The van der Waals surface area contributed by atoms with Gasteiger partial charge < -0.3 is 19.5 Å². The molecule has 0 fully saturated rings. The highest BCUT2D eigenvalue weighted by atomic mass is 16.5. The van der Waals surface area contributed by atoms with Crippen LogP contribution in [0.4, 0.5) is 0 Å². The molecule has 25 heavy (non-hydrogen) atoms. The Morgan fingerprint density at radius 3 is 2.60 bits per heavy atom. The summed E-state index contributed by atoms with van der Waals surface area (Å²) in [5.41, 5.74) is 0.441. The Morgan fingerprint density at radius 2 is 2.00 bits per heavy atom. The molecule has 130 valence electrons. The van der Waals surface area contributed by atoms with E-state index in [1.54, 1.807) is 19.9 Å². The summed E-state index contributed by atoms with van der Waals surface area (Å²) in [5.74, 6) is -1.87. The molecule has 0 atom stereocenters. The first-order chi connectivity index (χ1) is 11.8. The van der Waals surface area contributed by atoms with E-state index in [-0.39, 0.29) is 12.4 Å². The number of aromatic nitrogens is 1. The van der Waals surface area contributed by atoms with E-state index in [0.717, 1.165) is 12.1 Å². The smallest absolute Gasteiger partial charge is 0.341 e. The molecule has 0 aliphatic rings. The lowest BCUT2D eigenvalue weighted by Crippen LogP contribution is -2.18. The van der Waals surface area contributed by atoms with Crippen LogP contribution in [0.15, 0.2) is 41.3 Å². The van der Waals surface area contributed by atoms with Crippen LogP contribution < -0.4 is 5.43 Å². The number of carbonyl (C=O) groups excluding carboxylic acids is 1. The number of hydrogen-bond donors (Lipinski definition) is 2. The molecule has 0 amide bonds. The van der Waals surface area contributed by atoms with Crippen LogP contribution in [-0.2, 0) is 9.53 Å². The van der Waals surface area contributed by atoms with E-state index < -0.39 is 22.9 Å². The molecule has 7 heteroatoms. The van der Waals surface area contributed by atoms with Crippen molar-refractivity contribution >= 4 is 18.0 Å². The van der Waals surface area contributed by atoms with Crippen LogP contribution in [-0.4, -0.2) is 33.3 Å². The standard InChI is InChI=1S/C18H17NO6/c1-3-25-17(22)7-4-12-9-16(21)14(18(23)24)10-19(12)15-6-5-13(20)8-11(15)2/h4-10,20H,3H2,1-2H3,(H,23,24)/b7-4+. The van der Waals surface area contributed by atoms with E-state index in [9.17, 15) is 24.6 Å². The van der Waals surface area contributed by atoms with E-state index in [4.69, 9.17) is 4.74 Å². The van der Waals surface area contributed by atoms with Gasteiger partial charge in [0.05, 0.1) is 6.61 Å². The predicted molar refractivity (Wildman–Crippen MR) is 91.1 cm³/mol. The number of phenolic OH excluding ortho intramolecular Hbond substituents is 1. The van der Waals surface area contributed by atoms with Crippen molar-refractivity contribution < 1.29 is 24.5 Å². The highest BCUT2D eigenvalue weighted by molar-refractivity contribution is 5.89. The zero-order valence-corrected chi connectivity index (χ0v) is 13.7. The maximum atomic E-state index is 12.0. The number of nitrogens with zero attached hydrogens (tertiary/aromatic N) is 1. The van der Waals surface area contributed by atoms with Crippen molar-refractivity contribution in [2.24, 2.45) is 0 Å². The molecular formula is C18H17NO6. The van der Waals surface area contributed by atoms with Crippen molar-refractivity contribution in [1.29, 1.82) is 0 Å². The molecule has 0 aliphatic carbocycles. The minimum Gasteiger partial charge on any atom is -0.508 e. The average Bonchev–Trinajstić information content (AvgIpc) is 2.53. The molecule has 2 rings (SSSR count). The molecule has 0 unspecified atom stereocenters. The molecule has 7 nitrogen and oxygen atoms in total. The summed E-state index contributed by atoms with van der Waals surface area (Å²) in [6.45, 7) is 3.61. The second-order valence-corrected chi connectivity index (χ2v) is 5.21. The van der Waals surface area contributed by atoms with Crippen molar-refractivity contribution in [2.45, 2.75) is 13.8 Å². The fourth-order valence-corrected chi connectivity index (χ4v) is 2.30. The van der Waals surface area contributed by atoms with Gasteiger partial charge in [-0.3, -0.25) is 4.79 Å². The van der Waals surface area contributed by atoms with E-state index in [1.165, 1.54) is 29.0 Å². The Balaban J connectivity index is 2.65. The van der Waals surface area contributed by atoms with Crippen LogP contribution in [0.5, 0.6) is 5.75 Å². The van der Waals surface area contributed by atoms with Gasteiger partial charge in [0.2, 0.25) is 0 Å². The number of carbonyl (C=O) groups is 2. The Labute approximate surface area is 143 Å². The lowest BCUT2D eigenvalue weighted by molar-refractivity contribution is -0.137. The first-order valence-corrected chi connectivity index (χ1v) is 7.48. The first-order valence-electron chi connectivity index (χ1n) is 7.48. The van der Waals surface area contributed by atoms with Crippen molar-refractivity contribution in [3.05, 3.63) is 63.6 Å². The molecule has 1 heterocycles. The number of ether oxygens (including phenoxy) is 1. The molecule has 2 N–H and O–H groups in total. The quantitative estimate of drug-likeness (QED) is 0.636. The molecule has 0 bridgehead atoms. The number of aromatic carboxylic acids is 1. The van der Waals surface area contributed by atoms with Crippen LogP contribution in [0, 0.1) is 6.92 Å². The third-order valence-electron chi connectivity index (χ3n) is 3.43. The lowest BCUT2D eigenvalue weighted by atomic mass is 10.1. The van der Waals surface area contributed by atoms with Crippen molar-refractivity contribution in [3.63, 3.8) is 0 Å². The summed E-state index contributed by atoms with van der Waals surface area (Å²) < 4.78 is 6.27. The minimum absolute atomic E-state index is 0.0596. The molecular weight excluding hydrogens is 326 g/mol. The van der Waals surface area contributed by atoms with Gasteiger partial charge in [0, 0.05) is 29.7 Å². The number of phenols is 1. The molecule has 0 saturated carbocycles. The predicted octanol–water partition coefficient (Wildman–Crippen LogP) is 2.13. The van der Waals surface area contributed by atoms with Gasteiger partial charge in [-0.05, 0) is 43.7 Å². The SMILES string of the molecule is CCOC(=O)/C=C/c1cc(=O)c(C(=O)O)cn1-c1ccc(O)cc1C. The van der Waals surface area contributed by atoms with E-state index in [0.29, 0.717) is 16.9 Å². The second-order valence-electron chi connectivity index (χ2n) is 5.21. The molecule has 0 radical (unpaired) electrons. The number of esters is 1. The normalized spacial score (nSPS) is 10.8. The topological polar surface area (TPSA) is 106 Å². The zero-order chi connectivity index (χ0) is 18.6. The van der Waals surface area contributed by atoms with Crippen molar-refractivity contribution in [3.8, 4) is 11.4 Å². The third kappa shape index (κ3) is 4.14. The summed E-state index contributed by atoms with van der Waals surface area (Å²) in [5, 5.41) is 18.7. The summed E-state index contributed by atoms with van der Waals surface area (Å²) in [7, 11) is 0. The number of aromatic hydroxyl groups is 1. The first kappa shape index (κ1) is 18.0. The van der Waals surface area contributed by atoms with Gasteiger partial charge in [0.15, 0.2) is 5.43 Å². The zero-order valence-electron chi connectivity index (χ0n) is 13.7. The van der Waals surface area contributed by atoms with Crippen LogP contribution in [0.25, 0.3) is 11.8 Å². The average molecular weight is 343 g/mol. The highest BCUT2D eigenvalue weighted by Crippen LogP contribution is 2.21. The number of carboxylic acid groups (broad SMARTS) is 1. The maximum Gasteiger partial charge on any atom is 0.341 e. The van der Waals surface area contributed by atoms with Crippen LogP contribution in [0.1, 0.15) is 28.5 Å². The summed E-state index contributed by atoms with van der Waals surface area (Å²) in [6, 6.07) is 5.67. The van der Waals surface area contributed by atoms with E-state index in [2.05, 4.69) is 0 Å². The highest BCUT2D eigenvalue weighted by Gasteiger charge is 2.14. The molecule has 0 aliphatic heterocycles. The van der Waals surface area contributed by atoms with Crippen molar-refractivity contribution in [2.75, 3.05) is 6.61 Å². The lowest BCUT2D eigenvalue weighted by Gasteiger charge is -2.15. The van der Waals surface area contributed by atoms with E-state index in [1.807, 2.05) is 0 Å². The number of hydrogen-bond acceptors (Lipinski definition) is 5. The Morgan fingerprint density at radius 1 is 1.28 bits per heavy atom. The molecule has 0 saturated heterocycles. The minimum atomic E-state index is -1.35. The van der Waals surface area contributed by atoms with Gasteiger partial charge in [-0.15, -0.1) is 0 Å². The fourth-order valence-electron chi connectivity index (χ4n) is 2.30. The number of pyridine rings is 1. The van der Waals surface area contributed by atoms with E-state index >= 15 is 0 Å². The van der Waals surface area contributed by atoms with Gasteiger partial charge in [-0.1, -0.05) is 0 Å². The fraction of sp³-hybridized carbons (Fsp3) is 0.167. The molecule has 1 aromatic heterocycles. The Hall–Kier alpha value is -3.35. The molecule has 2 aromatic rings. The number of carboxylic acids is 1. The Kier molecular flexibility index (Phi) is 5.38. The summed E-state index contributed by atoms with van der Waals surface area (Å²) >= 11 is 0. The maximum absolute atomic E-state index is 12.0. The van der Waals surface area contributed by atoms with Crippen LogP contribution in [0.2, 0.25) is 0 Å². The summed E-state index contributed by atoms with van der Waals surface area (Å²) in [6.07, 6.45) is 3.72. The number of rotatable bonds is 5. The largest absolute Gasteiger partial charge is 0.508 e. The number of benzene rings is 1. The van der Waals surface area contributed by atoms with Gasteiger partial charge in [-0.2, -0.15) is 0 Å². The Bertz CT molecular complexity index is 910.